The van der Waals surface area contributed by atoms with Crippen molar-refractivity contribution in [2.24, 2.45) is 11.8 Å². The van der Waals surface area contributed by atoms with Gasteiger partial charge in [0.05, 0.1) is 11.8 Å². The van der Waals surface area contributed by atoms with Crippen molar-refractivity contribution in [2.45, 2.75) is 53.4 Å². The quantitative estimate of drug-likeness (QED) is 0.719. The van der Waals surface area contributed by atoms with E-state index in [0.717, 1.165) is 25.7 Å². The van der Waals surface area contributed by atoms with E-state index >= 15 is 0 Å². The molecule has 0 aromatic heterocycles. The van der Waals surface area contributed by atoms with Crippen LogP contribution in [0.3, 0.4) is 0 Å². The Balaban J connectivity index is -0.0000000594. The molecule has 0 heterocycles. The molecule has 0 saturated carbocycles. The Hall–Kier alpha value is -0.294. The third-order valence-electron chi connectivity index (χ3n) is 2.67. The molecule has 100 valence electrons. The predicted octanol–water partition coefficient (Wildman–Crippen LogP) is 2.86. The second kappa shape index (κ2) is 13.8. The van der Waals surface area contributed by atoms with E-state index in [2.05, 4.69) is 0 Å². The maximum Gasteiger partial charge on any atom is 2.00 e. The molecule has 0 aromatic rings. The molecule has 0 spiro atoms. The van der Waals surface area contributed by atoms with Gasteiger partial charge in [-0.25, -0.2) is 0 Å². The van der Waals surface area contributed by atoms with Crippen LogP contribution in [0.2, 0.25) is 0 Å². The van der Waals surface area contributed by atoms with Crippen molar-refractivity contribution in [2.75, 3.05) is 0 Å². The molecule has 5 heteroatoms. The minimum absolute atomic E-state index is 0. The average Bonchev–Trinajstić information content (AvgIpc) is 2.21. The van der Waals surface area contributed by atoms with E-state index < -0.39 is 11.9 Å². The van der Waals surface area contributed by atoms with Gasteiger partial charge in [-0.1, -0.05) is 27.7 Å². The van der Waals surface area contributed by atoms with Gasteiger partial charge in [-0.15, -0.1) is 0 Å². The molecule has 0 bridgehead atoms. The maximum atomic E-state index is 10.2. The zero-order valence-electron chi connectivity index (χ0n) is 13.4. The minimum atomic E-state index is -0.671. The summed E-state index contributed by atoms with van der Waals surface area (Å²) in [5.41, 5.74) is 0. The summed E-state index contributed by atoms with van der Waals surface area (Å²) in [6.07, 6.45) is 2.97. The van der Waals surface area contributed by atoms with E-state index in [1.54, 1.807) is 0 Å². The normalized spacial score (nSPS) is 9.29. The van der Waals surface area contributed by atoms with Crippen LogP contribution in [-0.2, 0) is 9.59 Å². The molecule has 0 rings (SSSR count). The summed E-state index contributed by atoms with van der Waals surface area (Å²) in [4.78, 5) is 20.3. The van der Waals surface area contributed by atoms with Crippen LogP contribution in [0, 0.1) is 11.8 Å². The molecular weight excluding hydrogens is 232 g/mol. The fraction of sp³-hybridized carbons (Fsp3) is 0.833. The zero-order valence-corrected chi connectivity index (χ0v) is 12.8. The number of carboxylic acid groups (broad SMARTS) is 2. The van der Waals surface area contributed by atoms with Crippen molar-refractivity contribution in [1.82, 2.24) is 0 Å². The van der Waals surface area contributed by atoms with Crippen molar-refractivity contribution in [1.29, 1.82) is 0 Å². The second-order valence-electron chi connectivity index (χ2n) is 3.70. The van der Waals surface area contributed by atoms with Gasteiger partial charge >= 0.3 is 35.0 Å². The fourth-order valence-corrected chi connectivity index (χ4v) is 1.28. The first-order valence-corrected chi connectivity index (χ1v) is 5.89. The van der Waals surface area contributed by atoms with Gasteiger partial charge in [0.2, 0.25) is 0 Å². The van der Waals surface area contributed by atoms with Crippen molar-refractivity contribution in [3.05, 3.63) is 0 Å². The first-order chi connectivity index (χ1) is 7.44. The number of hydrogen-bond donors (Lipinski definition) is 2. The van der Waals surface area contributed by atoms with Crippen LogP contribution in [0.15, 0.2) is 0 Å². The van der Waals surface area contributed by atoms with Crippen LogP contribution in [0.25, 0.3) is 0 Å². The Morgan fingerprint density at radius 1 is 0.824 bits per heavy atom. The van der Waals surface area contributed by atoms with Crippen molar-refractivity contribution in [3.8, 4) is 0 Å². The molecule has 0 fully saturated rings. The average molecular weight is 259 g/mol. The SMILES string of the molecule is CCC(CC)C(=O)O.CCC(CC)C(=O)O.[H-].[H-].[Mg+2]. The molecule has 0 amide bonds. The second-order valence-corrected chi connectivity index (χ2v) is 3.70. The summed E-state index contributed by atoms with van der Waals surface area (Å²) in [6, 6.07) is 0. The van der Waals surface area contributed by atoms with Crippen LogP contribution in [0.5, 0.6) is 0 Å². The molecule has 0 saturated heterocycles. The summed E-state index contributed by atoms with van der Waals surface area (Å²) in [5.74, 6) is -1.60. The number of rotatable bonds is 6. The van der Waals surface area contributed by atoms with Gasteiger partial charge in [-0.05, 0) is 25.7 Å². The monoisotopic (exact) mass is 258 g/mol. The van der Waals surface area contributed by atoms with Gasteiger partial charge in [-0.2, -0.15) is 0 Å². The van der Waals surface area contributed by atoms with E-state index in [1.165, 1.54) is 0 Å². The molecular formula is C12H26MgO4. The standard InChI is InChI=1S/2C6H12O2.Mg.2H/c2*1-3-5(4-2)6(7)8;;;/h2*5H,3-4H2,1-2H3,(H,7,8);;;/q;;+2;2*-1. The first-order valence-electron chi connectivity index (χ1n) is 5.89. The van der Waals surface area contributed by atoms with E-state index in [4.69, 9.17) is 10.2 Å². The predicted molar refractivity (Wildman–Crippen MR) is 71.4 cm³/mol. The van der Waals surface area contributed by atoms with E-state index in [0.29, 0.717) is 0 Å². The zero-order chi connectivity index (χ0) is 13.1. The Labute approximate surface area is 123 Å². The van der Waals surface area contributed by atoms with Crippen molar-refractivity contribution in [3.63, 3.8) is 0 Å². The van der Waals surface area contributed by atoms with Gasteiger partial charge in [-0.3, -0.25) is 9.59 Å². The smallest absolute Gasteiger partial charge is 1.00 e. The summed E-state index contributed by atoms with van der Waals surface area (Å²) in [6.45, 7) is 7.56. The molecule has 17 heavy (non-hydrogen) atoms. The molecule has 0 aliphatic carbocycles. The van der Waals surface area contributed by atoms with Gasteiger partial charge < -0.3 is 13.1 Å². The molecule has 4 nitrogen and oxygen atoms in total. The third kappa shape index (κ3) is 12.0. The van der Waals surface area contributed by atoms with Gasteiger partial charge in [0.25, 0.3) is 0 Å². The van der Waals surface area contributed by atoms with Crippen molar-refractivity contribution < 1.29 is 22.7 Å². The molecule has 0 aliphatic rings. The molecule has 0 aliphatic heterocycles. The molecule has 0 atom stereocenters. The molecule has 0 unspecified atom stereocenters. The number of aliphatic carboxylic acids is 2. The molecule has 0 aromatic carbocycles. The van der Waals surface area contributed by atoms with Gasteiger partial charge in [0.15, 0.2) is 0 Å². The Morgan fingerprint density at radius 3 is 1.00 bits per heavy atom. The molecule has 2 N–H and O–H groups in total. The largest absolute Gasteiger partial charge is 2.00 e. The Kier molecular flexibility index (Phi) is 17.8. The maximum absolute atomic E-state index is 10.2. The number of carbonyl (C=O) groups is 2. The minimum Gasteiger partial charge on any atom is -1.00 e. The summed E-state index contributed by atoms with van der Waals surface area (Å²) >= 11 is 0. The van der Waals surface area contributed by atoms with Crippen LogP contribution in [0.4, 0.5) is 0 Å². The summed E-state index contributed by atoms with van der Waals surface area (Å²) in [7, 11) is 0. The Bertz CT molecular complexity index is 186. The van der Waals surface area contributed by atoms with Crippen LogP contribution in [-0.4, -0.2) is 45.2 Å². The van der Waals surface area contributed by atoms with E-state index in [1.807, 2.05) is 27.7 Å². The van der Waals surface area contributed by atoms with Crippen LogP contribution in [0.1, 0.15) is 56.2 Å². The van der Waals surface area contributed by atoms with Crippen molar-refractivity contribution >= 4 is 35.0 Å². The topological polar surface area (TPSA) is 74.6 Å². The number of hydrogen-bond acceptors (Lipinski definition) is 2. The molecule has 0 radical (unpaired) electrons. The van der Waals surface area contributed by atoms with E-state index in [-0.39, 0.29) is 37.7 Å². The van der Waals surface area contributed by atoms with Crippen LogP contribution >= 0.6 is 0 Å². The van der Waals surface area contributed by atoms with Crippen LogP contribution < -0.4 is 0 Å². The third-order valence-corrected chi connectivity index (χ3v) is 2.67. The fourth-order valence-electron chi connectivity index (χ4n) is 1.28. The van der Waals surface area contributed by atoms with Gasteiger partial charge in [0.1, 0.15) is 0 Å². The number of carboxylic acids is 2. The van der Waals surface area contributed by atoms with Gasteiger partial charge in [0, 0.05) is 0 Å². The van der Waals surface area contributed by atoms with E-state index in [9.17, 15) is 9.59 Å². The summed E-state index contributed by atoms with van der Waals surface area (Å²) in [5, 5.41) is 16.7. The first kappa shape index (κ1) is 21.9. The Morgan fingerprint density at radius 2 is 1.00 bits per heavy atom. The summed E-state index contributed by atoms with van der Waals surface area (Å²) < 4.78 is 0.